The molecule has 2 aliphatic rings. The number of sulfonamides is 1. The number of anilines is 1. The average Bonchev–Trinajstić information content (AvgIpc) is 2.71. The minimum Gasteiger partial charge on any atom is -0.338 e. The molecular weight excluding hydrogens is 372 g/mol. The average molecular weight is 386 g/mol. The van der Waals surface area contributed by atoms with Crippen LogP contribution in [0.25, 0.3) is 5.57 Å². The molecule has 0 saturated heterocycles. The van der Waals surface area contributed by atoms with Crippen molar-refractivity contribution in [2.24, 2.45) is 4.40 Å². The molecule has 0 saturated carbocycles. The van der Waals surface area contributed by atoms with E-state index in [-0.39, 0.29) is 16.5 Å². The smallest absolute Gasteiger partial charge is 0.286 e. The third-order valence-corrected chi connectivity index (χ3v) is 6.20. The molecule has 0 aromatic heterocycles. The predicted molar refractivity (Wildman–Crippen MR) is 108 cm³/mol. The molecule has 0 bridgehead atoms. The van der Waals surface area contributed by atoms with Gasteiger partial charge in [0.15, 0.2) is 5.78 Å². The highest BCUT2D eigenvalue weighted by atomic mass is 32.2. The van der Waals surface area contributed by atoms with Crippen LogP contribution in [-0.2, 0) is 10.0 Å². The topological polar surface area (TPSA) is 75.6 Å². The van der Waals surface area contributed by atoms with E-state index in [1.807, 2.05) is 36.4 Å². The highest BCUT2D eigenvalue weighted by Gasteiger charge is 2.28. The lowest BCUT2D eigenvalue weighted by molar-refractivity contribution is 0.103. The summed E-state index contributed by atoms with van der Waals surface area (Å²) in [6.07, 6.45) is 1.69. The van der Waals surface area contributed by atoms with Crippen molar-refractivity contribution in [3.05, 3.63) is 101 Å². The molecule has 3 aromatic carbocycles. The third kappa shape index (κ3) is 2.50. The van der Waals surface area contributed by atoms with Crippen molar-refractivity contribution in [2.75, 3.05) is 5.32 Å². The quantitative estimate of drug-likeness (QED) is 0.539. The number of carbonyl (C=O) groups excluding carboxylic acids is 1. The van der Waals surface area contributed by atoms with Crippen molar-refractivity contribution in [1.82, 2.24) is 0 Å². The number of para-hydroxylation sites is 1. The van der Waals surface area contributed by atoms with Gasteiger partial charge in [0, 0.05) is 11.1 Å². The van der Waals surface area contributed by atoms with Gasteiger partial charge in [-0.1, -0.05) is 60.7 Å². The van der Waals surface area contributed by atoms with Gasteiger partial charge in [-0.3, -0.25) is 4.79 Å². The van der Waals surface area contributed by atoms with E-state index in [0.717, 1.165) is 16.7 Å². The normalized spacial score (nSPS) is 16.2. The number of benzene rings is 3. The Balaban J connectivity index is 1.73. The molecule has 5 rings (SSSR count). The summed E-state index contributed by atoms with van der Waals surface area (Å²) >= 11 is 0. The van der Waals surface area contributed by atoms with Gasteiger partial charge < -0.3 is 5.32 Å². The Hall–Kier alpha value is -3.51. The zero-order valence-corrected chi connectivity index (χ0v) is 15.4. The maximum absolute atomic E-state index is 12.8. The molecule has 0 radical (unpaired) electrons. The maximum Gasteiger partial charge on any atom is 0.286 e. The second-order valence-corrected chi connectivity index (χ2v) is 8.12. The van der Waals surface area contributed by atoms with Gasteiger partial charge in [-0.05, 0) is 34.9 Å². The van der Waals surface area contributed by atoms with Crippen LogP contribution < -0.4 is 5.32 Å². The standard InChI is InChI=1S/C22H14N2O3S/c25-22-16-9-3-1-7-14(16)18(15-8-2-4-10-17(15)22)13-21-23-19-11-5-6-12-20(19)28(26,27)24-21/h1-13H,(H,23,24). The molecule has 0 amide bonds. The van der Waals surface area contributed by atoms with Crippen LogP contribution in [0.1, 0.15) is 27.0 Å². The van der Waals surface area contributed by atoms with Crippen LogP contribution >= 0.6 is 0 Å². The van der Waals surface area contributed by atoms with Crippen molar-refractivity contribution in [3.8, 4) is 0 Å². The van der Waals surface area contributed by atoms with Crippen molar-refractivity contribution >= 4 is 32.9 Å². The zero-order valence-electron chi connectivity index (χ0n) is 14.6. The molecule has 1 aliphatic carbocycles. The SMILES string of the molecule is O=C1c2ccccc2C(=CC2=NS(=O)(=O)c3ccccc3N2)c2ccccc21. The van der Waals surface area contributed by atoms with Crippen LogP contribution in [0.2, 0.25) is 0 Å². The van der Waals surface area contributed by atoms with E-state index in [0.29, 0.717) is 16.8 Å². The number of nitrogens with zero attached hydrogens (tertiary/aromatic N) is 1. The number of nitrogens with one attached hydrogen (secondary N) is 1. The Morgan fingerprint density at radius 1 is 0.750 bits per heavy atom. The highest BCUT2D eigenvalue weighted by Crippen LogP contribution is 2.36. The van der Waals surface area contributed by atoms with Gasteiger partial charge in [0.2, 0.25) is 0 Å². The molecule has 0 fully saturated rings. The van der Waals surface area contributed by atoms with Crippen LogP contribution in [0, 0.1) is 0 Å². The van der Waals surface area contributed by atoms with Crippen LogP contribution in [0.15, 0.2) is 88.2 Å². The molecule has 5 nitrogen and oxygen atoms in total. The predicted octanol–water partition coefficient (Wildman–Crippen LogP) is 3.88. The minimum absolute atomic E-state index is 0.0418. The summed E-state index contributed by atoms with van der Waals surface area (Å²) in [7, 11) is -3.79. The van der Waals surface area contributed by atoms with Crippen LogP contribution in [-0.4, -0.2) is 20.0 Å². The van der Waals surface area contributed by atoms with Crippen molar-refractivity contribution in [1.29, 1.82) is 0 Å². The number of hydrogen-bond donors (Lipinski definition) is 1. The second kappa shape index (κ2) is 6.00. The number of fused-ring (bicyclic) bond motifs is 3. The van der Waals surface area contributed by atoms with Crippen molar-refractivity contribution in [3.63, 3.8) is 0 Å². The molecule has 0 spiro atoms. The number of carbonyl (C=O) groups is 1. The van der Waals surface area contributed by atoms with Crippen molar-refractivity contribution in [2.45, 2.75) is 4.90 Å². The summed E-state index contributed by atoms with van der Waals surface area (Å²) in [6.45, 7) is 0. The van der Waals surface area contributed by atoms with E-state index in [2.05, 4.69) is 9.71 Å². The first kappa shape index (κ1) is 16.6. The van der Waals surface area contributed by atoms with Gasteiger partial charge in [-0.15, -0.1) is 4.40 Å². The molecule has 1 aliphatic heterocycles. The molecule has 1 N–H and O–H groups in total. The molecule has 0 atom stereocenters. The summed E-state index contributed by atoms with van der Waals surface area (Å²) < 4.78 is 29.0. The highest BCUT2D eigenvalue weighted by molar-refractivity contribution is 7.90. The fraction of sp³-hybridized carbons (Fsp3) is 0. The Kier molecular flexibility index (Phi) is 3.57. The molecule has 3 aromatic rings. The Morgan fingerprint density at radius 2 is 1.29 bits per heavy atom. The fourth-order valence-electron chi connectivity index (χ4n) is 3.61. The maximum atomic E-state index is 12.8. The molecule has 136 valence electrons. The number of ketones is 1. The molecule has 1 heterocycles. The largest absolute Gasteiger partial charge is 0.338 e. The Morgan fingerprint density at radius 3 is 1.93 bits per heavy atom. The fourth-order valence-corrected chi connectivity index (χ4v) is 4.71. The van der Waals surface area contributed by atoms with E-state index in [4.69, 9.17) is 0 Å². The lowest BCUT2D eigenvalue weighted by Gasteiger charge is -2.23. The Bertz CT molecular complexity index is 1270. The molecular formula is C22H14N2O3S. The van der Waals surface area contributed by atoms with Gasteiger partial charge in [0.1, 0.15) is 10.7 Å². The van der Waals surface area contributed by atoms with E-state index in [1.165, 1.54) is 6.07 Å². The first-order valence-corrected chi connectivity index (χ1v) is 10.1. The first-order chi connectivity index (χ1) is 13.5. The van der Waals surface area contributed by atoms with E-state index in [9.17, 15) is 13.2 Å². The summed E-state index contributed by atoms with van der Waals surface area (Å²) in [5, 5.41) is 3.08. The molecule has 6 heteroatoms. The first-order valence-electron chi connectivity index (χ1n) is 8.71. The van der Waals surface area contributed by atoms with E-state index in [1.54, 1.807) is 36.4 Å². The van der Waals surface area contributed by atoms with Gasteiger partial charge >= 0.3 is 0 Å². The van der Waals surface area contributed by atoms with Crippen LogP contribution in [0.4, 0.5) is 5.69 Å². The Labute approximate surface area is 162 Å². The minimum atomic E-state index is -3.79. The third-order valence-electron chi connectivity index (χ3n) is 4.85. The van der Waals surface area contributed by atoms with Crippen molar-refractivity contribution < 1.29 is 13.2 Å². The second-order valence-electron chi connectivity index (χ2n) is 6.55. The van der Waals surface area contributed by atoms with E-state index < -0.39 is 10.0 Å². The molecule has 0 unspecified atom stereocenters. The number of hydrogen-bond acceptors (Lipinski definition) is 4. The van der Waals surface area contributed by atoms with E-state index >= 15 is 0 Å². The monoisotopic (exact) mass is 386 g/mol. The van der Waals surface area contributed by atoms with Gasteiger partial charge in [-0.2, -0.15) is 8.42 Å². The summed E-state index contributed by atoms with van der Waals surface area (Å²) in [5.41, 5.74) is 3.93. The summed E-state index contributed by atoms with van der Waals surface area (Å²) in [4.78, 5) is 13.0. The molecule has 28 heavy (non-hydrogen) atoms. The van der Waals surface area contributed by atoms with Gasteiger partial charge in [-0.25, -0.2) is 0 Å². The lowest BCUT2D eigenvalue weighted by Crippen LogP contribution is -2.21. The van der Waals surface area contributed by atoms with Gasteiger partial charge in [0.25, 0.3) is 10.0 Å². The zero-order chi connectivity index (χ0) is 19.3. The summed E-state index contributed by atoms with van der Waals surface area (Å²) in [6, 6.07) is 21.3. The van der Waals surface area contributed by atoms with Crippen LogP contribution in [0.5, 0.6) is 0 Å². The van der Waals surface area contributed by atoms with Gasteiger partial charge in [0.05, 0.1) is 5.69 Å². The van der Waals surface area contributed by atoms with Crippen LogP contribution in [0.3, 0.4) is 0 Å². The number of amidine groups is 1. The summed E-state index contributed by atoms with van der Waals surface area (Å²) in [5.74, 6) is 0.174. The number of rotatable bonds is 1. The lowest BCUT2D eigenvalue weighted by atomic mass is 9.81.